The zero-order valence-electron chi connectivity index (χ0n) is 16.8. The predicted molar refractivity (Wildman–Crippen MR) is 119 cm³/mol. The second-order valence-electron chi connectivity index (χ2n) is 7.29. The number of thiophene rings is 2. The average Bonchev–Trinajstić information content (AvgIpc) is 3.30. The van der Waals surface area contributed by atoms with Crippen molar-refractivity contribution in [2.75, 3.05) is 18.6 Å². The van der Waals surface area contributed by atoms with Gasteiger partial charge in [0, 0.05) is 11.4 Å². The van der Waals surface area contributed by atoms with Crippen molar-refractivity contribution in [3.8, 4) is 5.75 Å². The molecule has 1 fully saturated rings. The molecule has 0 unspecified atom stereocenters. The molecular weight excluding hydrogens is 442 g/mol. The zero-order valence-corrected chi connectivity index (χ0v) is 18.4. The topological polar surface area (TPSA) is 113 Å². The summed E-state index contributed by atoms with van der Waals surface area (Å²) in [4.78, 5) is 37.1. The summed E-state index contributed by atoms with van der Waals surface area (Å²) >= 11 is 2.35. The molecule has 1 amide bonds. The zero-order chi connectivity index (χ0) is 22.1. The van der Waals surface area contributed by atoms with E-state index in [-0.39, 0.29) is 16.7 Å². The van der Waals surface area contributed by atoms with E-state index in [0.717, 1.165) is 53.5 Å². The van der Waals surface area contributed by atoms with Crippen molar-refractivity contribution in [2.45, 2.75) is 38.1 Å². The Hall–Kier alpha value is -2.85. The van der Waals surface area contributed by atoms with E-state index >= 15 is 0 Å². The number of carbonyl (C=O) groups excluding carboxylic acids is 1. The highest BCUT2D eigenvalue weighted by Crippen LogP contribution is 2.50. The molecule has 0 spiro atoms. The Balaban J connectivity index is 1.89. The van der Waals surface area contributed by atoms with Gasteiger partial charge in [0.1, 0.15) is 0 Å². The van der Waals surface area contributed by atoms with Gasteiger partial charge in [-0.2, -0.15) is 0 Å². The SMILES string of the molecule is COC(=O)N(c1cccc2c1sc1c(OCC(=O)O)c(C(=O)O)sc12)C1CCCCC1. The molecule has 1 aliphatic rings. The number of amides is 1. The number of rotatable bonds is 6. The number of methoxy groups -OCH3 is 1. The molecule has 4 rings (SSSR count). The van der Waals surface area contributed by atoms with Gasteiger partial charge >= 0.3 is 18.0 Å². The fourth-order valence-electron chi connectivity index (χ4n) is 4.06. The minimum Gasteiger partial charge on any atom is -0.479 e. The van der Waals surface area contributed by atoms with E-state index in [0.29, 0.717) is 15.1 Å². The third kappa shape index (κ3) is 3.92. The molecule has 2 heterocycles. The number of nitrogens with zero attached hydrogens (tertiary/aromatic N) is 1. The van der Waals surface area contributed by atoms with E-state index in [4.69, 9.17) is 14.6 Å². The van der Waals surface area contributed by atoms with Crippen molar-refractivity contribution in [3.63, 3.8) is 0 Å². The third-order valence-electron chi connectivity index (χ3n) is 5.37. The van der Waals surface area contributed by atoms with Gasteiger partial charge in [0.05, 0.1) is 26.9 Å². The number of carboxylic acids is 2. The van der Waals surface area contributed by atoms with Gasteiger partial charge in [-0.1, -0.05) is 31.4 Å². The number of carbonyl (C=O) groups is 3. The molecule has 0 saturated heterocycles. The van der Waals surface area contributed by atoms with Crippen LogP contribution in [0.1, 0.15) is 41.8 Å². The Morgan fingerprint density at radius 1 is 1.06 bits per heavy atom. The first-order valence-corrected chi connectivity index (χ1v) is 11.5. The predicted octanol–water partition coefficient (Wildman–Crippen LogP) is 5.18. The molecule has 0 aliphatic heterocycles. The number of anilines is 1. The van der Waals surface area contributed by atoms with Crippen molar-refractivity contribution in [1.29, 1.82) is 0 Å². The Kier molecular flexibility index (Phi) is 6.01. The van der Waals surface area contributed by atoms with Gasteiger partial charge < -0.3 is 19.7 Å². The number of aromatic carboxylic acids is 1. The lowest BCUT2D eigenvalue weighted by Gasteiger charge is -2.33. The molecule has 2 aromatic heterocycles. The van der Waals surface area contributed by atoms with Crippen molar-refractivity contribution in [2.24, 2.45) is 0 Å². The lowest BCUT2D eigenvalue weighted by Crippen LogP contribution is -2.41. The summed E-state index contributed by atoms with van der Waals surface area (Å²) in [6.07, 6.45) is 4.59. The number of fused-ring (bicyclic) bond motifs is 3. The first-order chi connectivity index (χ1) is 14.9. The highest BCUT2D eigenvalue weighted by atomic mass is 32.1. The number of aliphatic carboxylic acids is 1. The fraction of sp³-hybridized carbons (Fsp3) is 0.381. The summed E-state index contributed by atoms with van der Waals surface area (Å²) in [5.41, 5.74) is 0.714. The number of ether oxygens (including phenoxy) is 2. The first-order valence-electron chi connectivity index (χ1n) is 9.85. The molecule has 10 heteroatoms. The van der Waals surface area contributed by atoms with Crippen molar-refractivity contribution in [3.05, 3.63) is 23.1 Å². The van der Waals surface area contributed by atoms with Crippen LogP contribution in [0.25, 0.3) is 19.5 Å². The lowest BCUT2D eigenvalue weighted by atomic mass is 9.94. The van der Waals surface area contributed by atoms with Crippen LogP contribution >= 0.6 is 22.7 Å². The molecule has 1 aromatic carbocycles. The molecule has 3 aromatic rings. The van der Waals surface area contributed by atoms with E-state index < -0.39 is 24.6 Å². The van der Waals surface area contributed by atoms with Crippen LogP contribution < -0.4 is 9.64 Å². The number of benzene rings is 1. The monoisotopic (exact) mass is 463 g/mol. The van der Waals surface area contributed by atoms with Crippen LogP contribution in [-0.4, -0.2) is 48.0 Å². The maximum atomic E-state index is 12.7. The highest BCUT2D eigenvalue weighted by molar-refractivity contribution is 7.34. The maximum Gasteiger partial charge on any atom is 0.414 e. The second-order valence-corrected chi connectivity index (χ2v) is 9.34. The maximum absolute atomic E-state index is 12.7. The smallest absolute Gasteiger partial charge is 0.414 e. The number of carboxylic acid groups (broad SMARTS) is 2. The summed E-state index contributed by atoms with van der Waals surface area (Å²) in [7, 11) is 1.36. The van der Waals surface area contributed by atoms with Crippen molar-refractivity contribution in [1.82, 2.24) is 0 Å². The van der Waals surface area contributed by atoms with Gasteiger partial charge in [0.15, 0.2) is 17.2 Å². The Morgan fingerprint density at radius 2 is 1.81 bits per heavy atom. The molecule has 2 N–H and O–H groups in total. The van der Waals surface area contributed by atoms with Crippen LogP contribution in [0.15, 0.2) is 18.2 Å². The lowest BCUT2D eigenvalue weighted by molar-refractivity contribution is -0.139. The van der Waals surface area contributed by atoms with Crippen LogP contribution in [0.3, 0.4) is 0 Å². The quantitative estimate of drug-likeness (QED) is 0.517. The van der Waals surface area contributed by atoms with Crippen molar-refractivity contribution >= 4 is 65.9 Å². The Morgan fingerprint density at radius 3 is 2.45 bits per heavy atom. The summed E-state index contributed by atoms with van der Waals surface area (Å²) in [6.45, 7) is -0.635. The van der Waals surface area contributed by atoms with Gasteiger partial charge in [-0.15, -0.1) is 22.7 Å². The van der Waals surface area contributed by atoms with Gasteiger partial charge in [-0.25, -0.2) is 14.4 Å². The summed E-state index contributed by atoms with van der Waals surface area (Å²) in [6, 6.07) is 5.60. The van der Waals surface area contributed by atoms with E-state index in [2.05, 4.69) is 0 Å². The standard InChI is InChI=1S/C21H21NO7S2/c1-28-21(27)22(11-6-3-2-4-7-11)13-9-5-8-12-16(13)30-18-15(29-10-14(23)24)19(20(25)26)31-17(12)18/h5,8-9,11H,2-4,6-7,10H2,1H3,(H,23,24)(H,25,26). The minimum atomic E-state index is -1.19. The fourth-order valence-corrected chi connectivity index (χ4v) is 6.66. The van der Waals surface area contributed by atoms with E-state index in [1.165, 1.54) is 18.4 Å². The molecule has 164 valence electrons. The Bertz CT molecular complexity index is 1160. The average molecular weight is 464 g/mol. The van der Waals surface area contributed by atoms with Crippen LogP contribution in [0.2, 0.25) is 0 Å². The van der Waals surface area contributed by atoms with E-state index in [1.54, 1.807) is 4.90 Å². The normalized spacial score (nSPS) is 14.6. The summed E-state index contributed by atoms with van der Waals surface area (Å²) < 4.78 is 12.5. The van der Waals surface area contributed by atoms with Crippen LogP contribution in [0, 0.1) is 0 Å². The minimum absolute atomic E-state index is 0.0317. The van der Waals surface area contributed by atoms with Crippen LogP contribution in [0.5, 0.6) is 5.75 Å². The number of hydrogen-bond donors (Lipinski definition) is 2. The molecule has 0 bridgehead atoms. The highest BCUT2D eigenvalue weighted by Gasteiger charge is 2.31. The third-order valence-corrected chi connectivity index (χ3v) is 7.92. The van der Waals surface area contributed by atoms with Crippen LogP contribution in [-0.2, 0) is 9.53 Å². The summed E-state index contributed by atoms with van der Waals surface area (Å²) in [5.74, 6) is -2.30. The van der Waals surface area contributed by atoms with Gasteiger partial charge in [-0.3, -0.25) is 4.90 Å². The largest absolute Gasteiger partial charge is 0.479 e. The first kappa shape index (κ1) is 21.4. The van der Waals surface area contributed by atoms with Gasteiger partial charge in [0.2, 0.25) is 0 Å². The Labute approximate surface area is 185 Å². The molecule has 1 aliphatic carbocycles. The van der Waals surface area contributed by atoms with E-state index in [9.17, 15) is 19.5 Å². The second kappa shape index (κ2) is 8.72. The molecule has 0 radical (unpaired) electrons. The van der Waals surface area contributed by atoms with Gasteiger partial charge in [-0.05, 0) is 18.9 Å². The van der Waals surface area contributed by atoms with Crippen LogP contribution in [0.4, 0.5) is 10.5 Å². The van der Waals surface area contributed by atoms with E-state index in [1.807, 2.05) is 18.2 Å². The summed E-state index contributed by atoms with van der Waals surface area (Å²) in [5, 5.41) is 19.3. The van der Waals surface area contributed by atoms with Crippen molar-refractivity contribution < 1.29 is 34.1 Å². The molecule has 8 nitrogen and oxygen atoms in total. The molecule has 31 heavy (non-hydrogen) atoms. The molecule has 0 atom stereocenters. The van der Waals surface area contributed by atoms with Gasteiger partial charge in [0.25, 0.3) is 0 Å². The number of hydrogen-bond acceptors (Lipinski definition) is 7. The molecule has 1 saturated carbocycles. The molecular formula is C21H21NO7S2.